The van der Waals surface area contributed by atoms with Crippen LogP contribution in [-0.2, 0) is 13.0 Å². The molecule has 0 bridgehead atoms. The average molecular weight is 422 g/mol. The highest BCUT2D eigenvalue weighted by Gasteiger charge is 2.20. The van der Waals surface area contributed by atoms with Gasteiger partial charge < -0.3 is 20.9 Å². The van der Waals surface area contributed by atoms with Crippen molar-refractivity contribution in [2.75, 3.05) is 39.8 Å². The van der Waals surface area contributed by atoms with E-state index in [9.17, 15) is 9.59 Å². The van der Waals surface area contributed by atoms with Gasteiger partial charge in [-0.1, -0.05) is 12.1 Å². The topological polar surface area (TPSA) is 109 Å². The van der Waals surface area contributed by atoms with Gasteiger partial charge >= 0.3 is 0 Å². The molecule has 0 unspecified atom stereocenters. The largest absolute Gasteiger partial charge is 0.348 e. The quantitative estimate of drug-likeness (QED) is 0.602. The van der Waals surface area contributed by atoms with Gasteiger partial charge in [-0.15, -0.1) is 0 Å². The fourth-order valence-electron chi connectivity index (χ4n) is 3.60. The molecule has 31 heavy (non-hydrogen) atoms. The van der Waals surface area contributed by atoms with Gasteiger partial charge in [0.25, 0.3) is 11.8 Å². The molecule has 0 radical (unpaired) electrons. The molecular weight excluding hydrogens is 394 g/mol. The molecule has 2 aromatic heterocycles. The Balaban J connectivity index is 1.36. The van der Waals surface area contributed by atoms with Crippen LogP contribution in [0.2, 0.25) is 0 Å². The number of rotatable bonds is 6. The molecule has 1 fully saturated rings. The molecule has 0 aliphatic carbocycles. The summed E-state index contributed by atoms with van der Waals surface area (Å²) in [4.78, 5) is 33.7. The number of likely N-dealkylation sites (N-methyl/N-ethyl adjacent to an activating group) is 1. The van der Waals surface area contributed by atoms with Crippen molar-refractivity contribution in [2.24, 2.45) is 5.73 Å². The Kier molecular flexibility index (Phi) is 6.24. The molecule has 162 valence electrons. The summed E-state index contributed by atoms with van der Waals surface area (Å²) in [5.74, 6) is -0.193. The Morgan fingerprint density at radius 2 is 1.81 bits per heavy atom. The van der Waals surface area contributed by atoms with E-state index in [0.29, 0.717) is 36.3 Å². The Labute approximate surface area is 180 Å². The zero-order valence-electron chi connectivity index (χ0n) is 17.6. The van der Waals surface area contributed by atoms with Gasteiger partial charge in [-0.25, -0.2) is 9.50 Å². The zero-order chi connectivity index (χ0) is 21.8. The van der Waals surface area contributed by atoms with Crippen molar-refractivity contribution in [1.29, 1.82) is 0 Å². The molecule has 3 heterocycles. The van der Waals surface area contributed by atoms with Crippen LogP contribution in [0.1, 0.15) is 31.8 Å². The van der Waals surface area contributed by atoms with Crippen LogP contribution >= 0.6 is 0 Å². The van der Waals surface area contributed by atoms with E-state index in [1.54, 1.807) is 10.7 Å². The van der Waals surface area contributed by atoms with E-state index in [1.807, 2.05) is 35.4 Å². The maximum atomic E-state index is 12.6. The summed E-state index contributed by atoms with van der Waals surface area (Å²) >= 11 is 0. The van der Waals surface area contributed by atoms with Gasteiger partial charge in [0.05, 0.1) is 6.20 Å². The molecule has 9 nitrogen and oxygen atoms in total. The third-order valence-electron chi connectivity index (χ3n) is 5.53. The summed E-state index contributed by atoms with van der Waals surface area (Å²) in [6.45, 7) is 4.15. The molecule has 1 saturated heterocycles. The average Bonchev–Trinajstić information content (AvgIpc) is 3.21. The van der Waals surface area contributed by atoms with Crippen LogP contribution in [0.15, 0.2) is 42.9 Å². The van der Waals surface area contributed by atoms with Crippen molar-refractivity contribution >= 4 is 17.5 Å². The predicted molar refractivity (Wildman–Crippen MR) is 117 cm³/mol. The number of nitrogens with one attached hydrogen (secondary N) is 1. The van der Waals surface area contributed by atoms with E-state index in [1.165, 1.54) is 6.20 Å². The van der Waals surface area contributed by atoms with Crippen LogP contribution in [0.3, 0.4) is 0 Å². The molecule has 1 aliphatic rings. The highest BCUT2D eigenvalue weighted by molar-refractivity contribution is 5.99. The Bertz CT molecular complexity index is 1070. The third kappa shape index (κ3) is 4.73. The van der Waals surface area contributed by atoms with E-state index >= 15 is 0 Å². The molecule has 9 heteroatoms. The Morgan fingerprint density at radius 1 is 1.06 bits per heavy atom. The molecule has 0 saturated carbocycles. The smallest absolute Gasteiger partial charge is 0.257 e. The summed E-state index contributed by atoms with van der Waals surface area (Å²) in [5, 5.41) is 7.12. The molecule has 3 aromatic rings. The number of carbonyl (C=O) groups excluding carboxylic acids is 2. The summed E-state index contributed by atoms with van der Waals surface area (Å²) in [6, 6.07) is 7.38. The van der Waals surface area contributed by atoms with Crippen LogP contribution in [0.4, 0.5) is 0 Å². The number of nitrogens with zero attached hydrogens (tertiary/aromatic N) is 5. The third-order valence-corrected chi connectivity index (χ3v) is 5.53. The van der Waals surface area contributed by atoms with Crippen molar-refractivity contribution in [3.63, 3.8) is 0 Å². The molecule has 4 rings (SSSR count). The number of aromatic nitrogens is 3. The zero-order valence-corrected chi connectivity index (χ0v) is 17.6. The lowest BCUT2D eigenvalue weighted by Gasteiger charge is -2.32. The second kappa shape index (κ2) is 9.23. The van der Waals surface area contributed by atoms with Gasteiger partial charge in [0.2, 0.25) is 0 Å². The van der Waals surface area contributed by atoms with Crippen LogP contribution < -0.4 is 11.1 Å². The minimum Gasteiger partial charge on any atom is -0.348 e. The van der Waals surface area contributed by atoms with Gasteiger partial charge in [0.1, 0.15) is 5.56 Å². The predicted octanol–water partition coefficient (Wildman–Crippen LogP) is 0.548. The Morgan fingerprint density at radius 3 is 2.52 bits per heavy atom. The molecule has 1 aromatic carbocycles. The van der Waals surface area contributed by atoms with Crippen LogP contribution in [0.25, 0.3) is 5.65 Å². The van der Waals surface area contributed by atoms with E-state index in [2.05, 4.69) is 27.3 Å². The van der Waals surface area contributed by atoms with Gasteiger partial charge in [-0.05, 0) is 43.3 Å². The highest BCUT2D eigenvalue weighted by Crippen LogP contribution is 2.12. The van der Waals surface area contributed by atoms with Gasteiger partial charge in [0, 0.05) is 50.7 Å². The van der Waals surface area contributed by atoms with E-state index in [4.69, 9.17) is 5.73 Å². The molecular formula is C22H27N7O2. The normalized spacial score (nSPS) is 14.7. The lowest BCUT2D eigenvalue weighted by Crippen LogP contribution is -2.47. The summed E-state index contributed by atoms with van der Waals surface area (Å²) < 4.78 is 1.60. The first kappa shape index (κ1) is 21.0. The first-order chi connectivity index (χ1) is 15.0. The fourth-order valence-corrected chi connectivity index (χ4v) is 3.60. The second-order valence-electron chi connectivity index (χ2n) is 7.80. The summed E-state index contributed by atoms with van der Waals surface area (Å²) in [6.07, 6.45) is 5.78. The standard InChI is InChI=1S/C22H27N7O2/c1-27-8-10-28(11-9-27)22(31)18-4-2-16(3-5-18)12-25-21(30)19-14-26-29-15-17(6-7-23)13-24-20(19)29/h2-5,13-15H,6-12,23H2,1H3,(H,25,30). The number of amides is 2. The van der Waals surface area contributed by atoms with Gasteiger partial charge in [0.15, 0.2) is 5.65 Å². The number of benzene rings is 1. The molecule has 1 aliphatic heterocycles. The van der Waals surface area contributed by atoms with Crippen LogP contribution in [0.5, 0.6) is 0 Å². The molecule has 0 spiro atoms. The van der Waals surface area contributed by atoms with Crippen molar-refractivity contribution in [1.82, 2.24) is 29.7 Å². The van der Waals surface area contributed by atoms with Crippen molar-refractivity contribution in [3.8, 4) is 0 Å². The second-order valence-corrected chi connectivity index (χ2v) is 7.80. The highest BCUT2D eigenvalue weighted by atomic mass is 16.2. The lowest BCUT2D eigenvalue weighted by atomic mass is 10.1. The van der Waals surface area contributed by atoms with E-state index < -0.39 is 0 Å². The number of piperazine rings is 1. The van der Waals surface area contributed by atoms with E-state index in [0.717, 1.165) is 37.3 Å². The lowest BCUT2D eigenvalue weighted by molar-refractivity contribution is 0.0664. The summed E-state index contributed by atoms with van der Waals surface area (Å²) in [5.41, 5.74) is 9.05. The Hall–Kier alpha value is -3.30. The molecule has 3 N–H and O–H groups in total. The van der Waals surface area contributed by atoms with E-state index in [-0.39, 0.29) is 11.8 Å². The minimum atomic E-state index is -0.244. The first-order valence-electron chi connectivity index (χ1n) is 10.4. The first-order valence-corrected chi connectivity index (χ1v) is 10.4. The van der Waals surface area contributed by atoms with Crippen molar-refractivity contribution < 1.29 is 9.59 Å². The van der Waals surface area contributed by atoms with Gasteiger partial charge in [-0.3, -0.25) is 9.59 Å². The SMILES string of the molecule is CN1CCN(C(=O)c2ccc(CNC(=O)c3cnn4cc(CCN)cnc34)cc2)CC1. The number of fused-ring (bicyclic) bond motifs is 1. The van der Waals surface area contributed by atoms with Crippen molar-refractivity contribution in [2.45, 2.75) is 13.0 Å². The molecule has 0 atom stereocenters. The molecule has 2 amide bonds. The number of hydrogen-bond acceptors (Lipinski definition) is 6. The number of nitrogens with two attached hydrogens (primary N) is 1. The maximum Gasteiger partial charge on any atom is 0.257 e. The number of carbonyl (C=O) groups is 2. The fraction of sp³-hybridized carbons (Fsp3) is 0.364. The van der Waals surface area contributed by atoms with Crippen LogP contribution in [-0.4, -0.2) is 76.0 Å². The monoisotopic (exact) mass is 421 g/mol. The van der Waals surface area contributed by atoms with Crippen molar-refractivity contribution in [3.05, 3.63) is 65.1 Å². The van der Waals surface area contributed by atoms with Crippen LogP contribution in [0, 0.1) is 0 Å². The summed E-state index contributed by atoms with van der Waals surface area (Å²) in [7, 11) is 2.06. The van der Waals surface area contributed by atoms with Gasteiger partial charge in [-0.2, -0.15) is 5.10 Å². The minimum absolute atomic E-state index is 0.0510. The number of hydrogen-bond donors (Lipinski definition) is 2. The maximum absolute atomic E-state index is 12.6.